The smallest absolute Gasteiger partial charge is 0.307 e. The summed E-state index contributed by atoms with van der Waals surface area (Å²) in [5.74, 6) is -1.63. The van der Waals surface area contributed by atoms with Gasteiger partial charge in [0.2, 0.25) is 5.91 Å². The molecule has 6 heteroatoms. The van der Waals surface area contributed by atoms with Crippen molar-refractivity contribution in [3.8, 4) is 11.3 Å². The van der Waals surface area contributed by atoms with Gasteiger partial charge in [0.1, 0.15) is 0 Å². The predicted molar refractivity (Wildman–Crippen MR) is 85.9 cm³/mol. The molecule has 0 radical (unpaired) electrons. The number of fused-ring (bicyclic) bond motifs is 2. The molecule has 1 saturated carbocycles. The summed E-state index contributed by atoms with van der Waals surface area (Å²) < 4.78 is 5.22. The topological polar surface area (TPSA) is 92.4 Å². The van der Waals surface area contributed by atoms with Gasteiger partial charge in [0.15, 0.2) is 12.2 Å². The normalized spacial score (nSPS) is 27.3. The number of anilines is 1. The molecule has 4 rings (SSSR count). The molecule has 4 atom stereocenters. The fourth-order valence-electron chi connectivity index (χ4n) is 3.82. The standard InChI is InChI=1S/C18H16N2O4/c21-17(15-11-1-2-12(7-11)16(15)18(22)23)20-13-5-3-10(4-6-13)14-8-19-9-24-14/h1-6,8-9,11-12,15-16H,7H2,(H,20,21)(H,22,23)/t11-,12-,15+,16-/m0/s1. The van der Waals surface area contributed by atoms with Crippen molar-refractivity contribution in [3.63, 3.8) is 0 Å². The van der Waals surface area contributed by atoms with Crippen molar-refractivity contribution in [2.75, 3.05) is 5.32 Å². The molecule has 6 nitrogen and oxygen atoms in total. The Balaban J connectivity index is 1.50. The second-order valence-corrected chi connectivity index (χ2v) is 6.27. The van der Waals surface area contributed by atoms with E-state index in [0.717, 1.165) is 12.0 Å². The summed E-state index contributed by atoms with van der Waals surface area (Å²) in [6.45, 7) is 0. The zero-order valence-electron chi connectivity index (χ0n) is 12.8. The number of rotatable bonds is 4. The second-order valence-electron chi connectivity index (χ2n) is 6.27. The van der Waals surface area contributed by atoms with Crippen molar-refractivity contribution in [2.45, 2.75) is 6.42 Å². The number of aliphatic carboxylic acids is 1. The minimum atomic E-state index is -0.896. The molecule has 24 heavy (non-hydrogen) atoms. The van der Waals surface area contributed by atoms with Crippen LogP contribution in [0.25, 0.3) is 11.3 Å². The number of carbonyl (C=O) groups excluding carboxylic acids is 1. The van der Waals surface area contributed by atoms with Gasteiger partial charge in [-0.1, -0.05) is 12.2 Å². The summed E-state index contributed by atoms with van der Waals surface area (Å²) in [6.07, 6.45) is 7.63. The van der Waals surface area contributed by atoms with E-state index in [1.165, 1.54) is 6.39 Å². The predicted octanol–water partition coefficient (Wildman–Crippen LogP) is 2.80. The van der Waals surface area contributed by atoms with E-state index in [1.807, 2.05) is 24.3 Å². The van der Waals surface area contributed by atoms with Gasteiger partial charge in [-0.2, -0.15) is 0 Å². The van der Waals surface area contributed by atoms with Crippen molar-refractivity contribution < 1.29 is 19.1 Å². The molecule has 2 N–H and O–H groups in total. The first-order valence-electron chi connectivity index (χ1n) is 7.84. The lowest BCUT2D eigenvalue weighted by atomic mass is 9.82. The summed E-state index contributed by atoms with van der Waals surface area (Å²) in [5, 5.41) is 12.3. The van der Waals surface area contributed by atoms with Gasteiger partial charge >= 0.3 is 5.97 Å². The van der Waals surface area contributed by atoms with Crippen LogP contribution in [0.4, 0.5) is 5.69 Å². The van der Waals surface area contributed by atoms with Gasteiger partial charge < -0.3 is 14.8 Å². The molecular formula is C18H16N2O4. The molecule has 1 amide bonds. The van der Waals surface area contributed by atoms with Crippen LogP contribution in [-0.2, 0) is 9.59 Å². The maximum atomic E-state index is 12.6. The second kappa shape index (κ2) is 5.63. The fraction of sp³-hybridized carbons (Fsp3) is 0.278. The molecule has 0 unspecified atom stereocenters. The zero-order chi connectivity index (χ0) is 16.7. The van der Waals surface area contributed by atoms with E-state index in [1.54, 1.807) is 18.3 Å². The Morgan fingerprint density at radius 2 is 1.83 bits per heavy atom. The summed E-state index contributed by atoms with van der Waals surface area (Å²) in [6, 6.07) is 7.19. The first-order valence-corrected chi connectivity index (χ1v) is 7.84. The highest BCUT2D eigenvalue weighted by Gasteiger charge is 2.51. The molecule has 1 heterocycles. The molecule has 0 aliphatic heterocycles. The lowest BCUT2D eigenvalue weighted by Crippen LogP contribution is -2.36. The van der Waals surface area contributed by atoms with Gasteiger partial charge in [-0.15, -0.1) is 0 Å². The summed E-state index contributed by atoms with van der Waals surface area (Å²) in [7, 11) is 0. The van der Waals surface area contributed by atoms with Crippen LogP contribution in [0, 0.1) is 23.7 Å². The number of aromatic nitrogens is 1. The van der Waals surface area contributed by atoms with Gasteiger partial charge in [-0.25, -0.2) is 4.98 Å². The molecule has 1 aromatic carbocycles. The van der Waals surface area contributed by atoms with Crippen LogP contribution >= 0.6 is 0 Å². The molecular weight excluding hydrogens is 308 g/mol. The Labute approximate surface area is 138 Å². The van der Waals surface area contributed by atoms with Crippen LogP contribution in [0.5, 0.6) is 0 Å². The van der Waals surface area contributed by atoms with Crippen molar-refractivity contribution in [1.82, 2.24) is 4.98 Å². The SMILES string of the molecule is O=C(O)[C@@H]1[C@H](C(=O)Nc2ccc(-c3cnco3)cc2)[C@H]2C=C[C@H]1C2. The number of carboxylic acid groups (broad SMARTS) is 1. The lowest BCUT2D eigenvalue weighted by Gasteiger charge is -2.23. The van der Waals surface area contributed by atoms with Crippen LogP contribution in [-0.4, -0.2) is 22.0 Å². The Bertz CT molecular complexity index is 795. The molecule has 1 aromatic heterocycles. The molecule has 1 fully saturated rings. The Hall–Kier alpha value is -2.89. The largest absolute Gasteiger partial charge is 0.481 e. The third-order valence-electron chi connectivity index (χ3n) is 4.92. The first kappa shape index (κ1) is 14.7. The van der Waals surface area contributed by atoms with E-state index >= 15 is 0 Å². The minimum Gasteiger partial charge on any atom is -0.481 e. The van der Waals surface area contributed by atoms with Crippen molar-refractivity contribution in [3.05, 3.63) is 49.0 Å². The minimum absolute atomic E-state index is 0.0181. The van der Waals surface area contributed by atoms with Gasteiger partial charge in [-0.05, 0) is 42.5 Å². The van der Waals surface area contributed by atoms with Crippen LogP contribution in [0.15, 0.2) is 53.4 Å². The first-order chi connectivity index (χ1) is 11.6. The number of carboxylic acids is 1. The monoisotopic (exact) mass is 324 g/mol. The van der Waals surface area contributed by atoms with E-state index in [9.17, 15) is 14.7 Å². The number of nitrogens with zero attached hydrogens (tertiary/aromatic N) is 1. The van der Waals surface area contributed by atoms with Crippen molar-refractivity contribution >= 4 is 17.6 Å². The number of oxazole rings is 1. The summed E-state index contributed by atoms with van der Waals surface area (Å²) in [5.41, 5.74) is 1.50. The third kappa shape index (κ3) is 2.40. The molecule has 2 bridgehead atoms. The Morgan fingerprint density at radius 3 is 2.46 bits per heavy atom. The summed E-state index contributed by atoms with van der Waals surface area (Å²) in [4.78, 5) is 28.0. The van der Waals surface area contributed by atoms with Crippen LogP contribution in [0.3, 0.4) is 0 Å². The van der Waals surface area contributed by atoms with Crippen molar-refractivity contribution in [2.24, 2.45) is 23.7 Å². The number of hydrogen-bond donors (Lipinski definition) is 2. The fourth-order valence-corrected chi connectivity index (χ4v) is 3.82. The number of allylic oxidation sites excluding steroid dienone is 2. The van der Waals surface area contributed by atoms with E-state index < -0.39 is 17.8 Å². The number of hydrogen-bond acceptors (Lipinski definition) is 4. The maximum Gasteiger partial charge on any atom is 0.307 e. The van der Waals surface area contributed by atoms with Crippen LogP contribution in [0.1, 0.15) is 6.42 Å². The van der Waals surface area contributed by atoms with E-state index in [-0.39, 0.29) is 17.7 Å². The van der Waals surface area contributed by atoms with E-state index in [2.05, 4.69) is 10.3 Å². The third-order valence-corrected chi connectivity index (χ3v) is 4.92. The highest BCUT2D eigenvalue weighted by Crippen LogP contribution is 2.48. The average molecular weight is 324 g/mol. The Kier molecular flexibility index (Phi) is 3.45. The molecule has 0 spiro atoms. The van der Waals surface area contributed by atoms with Gasteiger partial charge in [-0.3, -0.25) is 9.59 Å². The molecule has 0 saturated heterocycles. The highest BCUT2D eigenvalue weighted by molar-refractivity contribution is 5.96. The molecule has 122 valence electrons. The van der Waals surface area contributed by atoms with Crippen molar-refractivity contribution in [1.29, 1.82) is 0 Å². The van der Waals surface area contributed by atoms with E-state index in [0.29, 0.717) is 11.4 Å². The van der Waals surface area contributed by atoms with Crippen LogP contribution < -0.4 is 5.32 Å². The average Bonchev–Trinajstić information content (AvgIpc) is 3.31. The number of benzene rings is 1. The Morgan fingerprint density at radius 1 is 1.12 bits per heavy atom. The van der Waals surface area contributed by atoms with Gasteiger partial charge in [0, 0.05) is 11.3 Å². The molecule has 2 aliphatic rings. The van der Waals surface area contributed by atoms with Gasteiger partial charge in [0.25, 0.3) is 0 Å². The molecule has 2 aromatic rings. The molecule has 2 aliphatic carbocycles. The van der Waals surface area contributed by atoms with Crippen LogP contribution in [0.2, 0.25) is 0 Å². The summed E-state index contributed by atoms with van der Waals surface area (Å²) >= 11 is 0. The quantitative estimate of drug-likeness (QED) is 0.844. The highest BCUT2D eigenvalue weighted by atomic mass is 16.4. The number of amides is 1. The number of nitrogens with one attached hydrogen (secondary N) is 1. The maximum absolute atomic E-state index is 12.6. The number of carbonyl (C=O) groups is 2. The van der Waals surface area contributed by atoms with Gasteiger partial charge in [0.05, 0.1) is 18.0 Å². The van der Waals surface area contributed by atoms with E-state index in [4.69, 9.17) is 4.42 Å². The lowest BCUT2D eigenvalue weighted by molar-refractivity contribution is -0.146. The zero-order valence-corrected chi connectivity index (χ0v) is 12.8.